The zero-order chi connectivity index (χ0) is 16.6. The van der Waals surface area contributed by atoms with Gasteiger partial charge in [-0.3, -0.25) is 4.79 Å². The zero-order valence-electron chi connectivity index (χ0n) is 12.9. The van der Waals surface area contributed by atoms with Crippen LogP contribution >= 0.6 is 22.9 Å². The minimum absolute atomic E-state index is 0.0427. The average molecular weight is 357 g/mol. The van der Waals surface area contributed by atoms with Crippen molar-refractivity contribution in [3.63, 3.8) is 0 Å². The highest BCUT2D eigenvalue weighted by atomic mass is 35.5. The second kappa shape index (κ2) is 6.73. The molecule has 4 nitrogen and oxygen atoms in total. The SMILES string of the molecule is CCOC1CN(C)CC1NC(=O)c1sc2cccc(F)c2c1Cl. The lowest BCUT2D eigenvalue weighted by Gasteiger charge is -2.19. The van der Waals surface area contributed by atoms with Crippen LogP contribution in [0.25, 0.3) is 10.1 Å². The molecule has 1 aromatic carbocycles. The van der Waals surface area contributed by atoms with Gasteiger partial charge in [-0.1, -0.05) is 17.7 Å². The van der Waals surface area contributed by atoms with Crippen LogP contribution in [0.2, 0.25) is 5.02 Å². The highest BCUT2D eigenvalue weighted by Gasteiger charge is 2.33. The Bertz CT molecular complexity index is 736. The second-order valence-corrected chi connectivity index (χ2v) is 7.08. The minimum Gasteiger partial charge on any atom is -0.375 e. The van der Waals surface area contributed by atoms with Crippen molar-refractivity contribution in [3.8, 4) is 0 Å². The summed E-state index contributed by atoms with van der Waals surface area (Å²) in [7, 11) is 1.99. The summed E-state index contributed by atoms with van der Waals surface area (Å²) in [5.74, 6) is -0.684. The molecule has 0 aliphatic carbocycles. The van der Waals surface area contributed by atoms with E-state index in [1.54, 1.807) is 12.1 Å². The highest BCUT2D eigenvalue weighted by molar-refractivity contribution is 7.21. The summed E-state index contributed by atoms with van der Waals surface area (Å²) in [4.78, 5) is 15.0. The summed E-state index contributed by atoms with van der Waals surface area (Å²) >= 11 is 7.44. The van der Waals surface area contributed by atoms with Crippen LogP contribution in [0.3, 0.4) is 0 Å². The number of hydrogen-bond donors (Lipinski definition) is 1. The van der Waals surface area contributed by atoms with Crippen LogP contribution < -0.4 is 5.32 Å². The lowest BCUT2D eigenvalue weighted by atomic mass is 10.2. The molecule has 2 heterocycles. The molecule has 0 spiro atoms. The Labute approximate surface area is 143 Å². The first kappa shape index (κ1) is 16.6. The number of nitrogens with zero attached hydrogens (tertiary/aromatic N) is 1. The van der Waals surface area contributed by atoms with Gasteiger partial charge < -0.3 is 15.0 Å². The van der Waals surface area contributed by atoms with E-state index in [0.717, 1.165) is 6.54 Å². The number of benzene rings is 1. The van der Waals surface area contributed by atoms with Crippen molar-refractivity contribution in [3.05, 3.63) is 33.9 Å². The van der Waals surface area contributed by atoms with E-state index in [4.69, 9.17) is 16.3 Å². The summed E-state index contributed by atoms with van der Waals surface area (Å²) in [6, 6.07) is 4.62. The van der Waals surface area contributed by atoms with Crippen LogP contribution in [0.4, 0.5) is 4.39 Å². The van der Waals surface area contributed by atoms with E-state index >= 15 is 0 Å². The summed E-state index contributed by atoms with van der Waals surface area (Å²) in [6.07, 6.45) is -0.0427. The second-order valence-electron chi connectivity index (χ2n) is 5.65. The van der Waals surface area contributed by atoms with Crippen LogP contribution in [0.5, 0.6) is 0 Å². The molecule has 1 fully saturated rings. The molecule has 124 valence electrons. The van der Waals surface area contributed by atoms with Crippen molar-refractivity contribution in [2.45, 2.75) is 19.1 Å². The molecule has 0 bridgehead atoms. The lowest BCUT2D eigenvalue weighted by Crippen LogP contribution is -2.43. The largest absolute Gasteiger partial charge is 0.375 e. The maximum Gasteiger partial charge on any atom is 0.263 e. The van der Waals surface area contributed by atoms with E-state index in [9.17, 15) is 9.18 Å². The topological polar surface area (TPSA) is 41.6 Å². The van der Waals surface area contributed by atoms with Gasteiger partial charge in [0.15, 0.2) is 0 Å². The molecule has 2 atom stereocenters. The molecule has 23 heavy (non-hydrogen) atoms. The average Bonchev–Trinajstić information content (AvgIpc) is 3.01. The van der Waals surface area contributed by atoms with Gasteiger partial charge in [0.1, 0.15) is 10.7 Å². The van der Waals surface area contributed by atoms with E-state index in [1.807, 2.05) is 14.0 Å². The zero-order valence-corrected chi connectivity index (χ0v) is 14.5. The van der Waals surface area contributed by atoms with E-state index in [2.05, 4.69) is 10.2 Å². The molecular weight excluding hydrogens is 339 g/mol. The fraction of sp³-hybridized carbons (Fsp3) is 0.438. The number of rotatable bonds is 4. The van der Waals surface area contributed by atoms with Crippen LogP contribution in [0.15, 0.2) is 18.2 Å². The Morgan fingerprint density at radius 2 is 2.30 bits per heavy atom. The Balaban J connectivity index is 1.83. The standard InChI is InChI=1S/C16H18ClFN2O2S/c1-3-22-11-8-20(2)7-10(11)19-16(21)15-14(17)13-9(18)5-4-6-12(13)23-15/h4-6,10-11H,3,7-8H2,1-2H3,(H,19,21). The van der Waals surface area contributed by atoms with E-state index in [-0.39, 0.29) is 23.1 Å². The predicted octanol–water partition coefficient (Wildman–Crippen LogP) is 3.14. The molecule has 3 rings (SSSR count). The smallest absolute Gasteiger partial charge is 0.263 e. The lowest BCUT2D eigenvalue weighted by molar-refractivity contribution is 0.0514. The third-order valence-corrected chi connectivity index (χ3v) is 5.60. The van der Waals surface area contributed by atoms with Gasteiger partial charge in [0.25, 0.3) is 5.91 Å². The Hall–Kier alpha value is -1.21. The van der Waals surface area contributed by atoms with Gasteiger partial charge in [0.2, 0.25) is 0 Å². The number of hydrogen-bond acceptors (Lipinski definition) is 4. The Morgan fingerprint density at radius 3 is 3.00 bits per heavy atom. The minimum atomic E-state index is -0.407. The number of likely N-dealkylation sites (N-methyl/N-ethyl adjacent to an activating group) is 1. The van der Waals surface area contributed by atoms with Crippen LogP contribution in [0.1, 0.15) is 16.6 Å². The third kappa shape index (κ3) is 3.21. The van der Waals surface area contributed by atoms with Gasteiger partial charge in [-0.25, -0.2) is 4.39 Å². The molecule has 1 amide bonds. The molecule has 0 saturated carbocycles. The van der Waals surface area contributed by atoms with Gasteiger partial charge in [0.05, 0.1) is 17.2 Å². The predicted molar refractivity (Wildman–Crippen MR) is 91.0 cm³/mol. The van der Waals surface area contributed by atoms with Crippen molar-refractivity contribution >= 4 is 38.9 Å². The molecule has 1 N–H and O–H groups in total. The van der Waals surface area contributed by atoms with Crippen LogP contribution in [0, 0.1) is 5.82 Å². The molecule has 1 saturated heterocycles. The third-order valence-electron chi connectivity index (χ3n) is 3.96. The fourth-order valence-electron chi connectivity index (χ4n) is 2.93. The maximum atomic E-state index is 13.9. The normalized spacial score (nSPS) is 21.9. The molecule has 2 aromatic rings. The van der Waals surface area contributed by atoms with Crippen molar-refractivity contribution < 1.29 is 13.9 Å². The molecule has 1 aliphatic rings. The fourth-order valence-corrected chi connectivity index (χ4v) is 4.40. The number of fused-ring (bicyclic) bond motifs is 1. The van der Waals surface area contributed by atoms with Crippen molar-refractivity contribution in [2.75, 3.05) is 26.7 Å². The Kier molecular flexibility index (Phi) is 4.87. The Morgan fingerprint density at radius 1 is 1.52 bits per heavy atom. The van der Waals surface area contributed by atoms with Gasteiger partial charge >= 0.3 is 0 Å². The molecule has 1 aromatic heterocycles. The first-order valence-electron chi connectivity index (χ1n) is 7.48. The number of nitrogens with one attached hydrogen (secondary N) is 1. The molecule has 2 unspecified atom stereocenters. The number of carbonyl (C=O) groups excluding carboxylic acids is 1. The van der Waals surface area contributed by atoms with Crippen molar-refractivity contribution in [2.24, 2.45) is 0 Å². The van der Waals surface area contributed by atoms with Crippen molar-refractivity contribution in [1.82, 2.24) is 10.2 Å². The number of thiophene rings is 1. The highest BCUT2D eigenvalue weighted by Crippen LogP contribution is 2.36. The summed E-state index contributed by atoms with van der Waals surface area (Å²) < 4.78 is 20.3. The van der Waals surface area contributed by atoms with E-state index in [1.165, 1.54) is 17.4 Å². The van der Waals surface area contributed by atoms with Gasteiger partial charge in [0, 0.05) is 29.8 Å². The van der Waals surface area contributed by atoms with Crippen LogP contribution in [-0.4, -0.2) is 49.7 Å². The molecule has 7 heteroatoms. The van der Waals surface area contributed by atoms with Gasteiger partial charge in [-0.15, -0.1) is 11.3 Å². The number of carbonyl (C=O) groups is 1. The monoisotopic (exact) mass is 356 g/mol. The van der Waals surface area contributed by atoms with Crippen LogP contribution in [-0.2, 0) is 4.74 Å². The quantitative estimate of drug-likeness (QED) is 0.915. The molecule has 0 radical (unpaired) electrons. The molecule has 1 aliphatic heterocycles. The first-order chi connectivity index (χ1) is 11.0. The van der Waals surface area contributed by atoms with Gasteiger partial charge in [-0.05, 0) is 26.1 Å². The summed E-state index contributed by atoms with van der Waals surface area (Å²) in [5, 5.41) is 3.47. The maximum absolute atomic E-state index is 13.9. The first-order valence-corrected chi connectivity index (χ1v) is 8.68. The molecular formula is C16H18ClFN2O2S. The van der Waals surface area contributed by atoms with E-state index in [0.29, 0.717) is 28.1 Å². The number of halogens is 2. The van der Waals surface area contributed by atoms with E-state index < -0.39 is 5.82 Å². The summed E-state index contributed by atoms with van der Waals surface area (Å²) in [5.41, 5.74) is 0. The summed E-state index contributed by atoms with van der Waals surface area (Å²) in [6.45, 7) is 4.02. The number of amides is 1. The van der Waals surface area contributed by atoms with Gasteiger partial charge in [-0.2, -0.15) is 0 Å². The number of likely N-dealkylation sites (tertiary alicyclic amines) is 1. The van der Waals surface area contributed by atoms with Crippen molar-refractivity contribution in [1.29, 1.82) is 0 Å². The number of ether oxygens (including phenoxy) is 1.